The third-order valence-electron chi connectivity index (χ3n) is 4.30. The fraction of sp³-hybridized carbons (Fsp3) is 0.533. The minimum atomic E-state index is -0.394. The molecule has 5 nitrogen and oxygen atoms in total. The van der Waals surface area contributed by atoms with Crippen molar-refractivity contribution in [3.63, 3.8) is 0 Å². The van der Waals surface area contributed by atoms with E-state index >= 15 is 0 Å². The summed E-state index contributed by atoms with van der Waals surface area (Å²) >= 11 is 0. The lowest BCUT2D eigenvalue weighted by atomic mass is 10.1. The Morgan fingerprint density at radius 2 is 2.00 bits per heavy atom. The summed E-state index contributed by atoms with van der Waals surface area (Å²) in [5.41, 5.74) is 3.02. The number of benzene rings is 1. The minimum absolute atomic E-state index is 0.270. The average Bonchev–Trinajstić information content (AvgIpc) is 3.34. The number of piperazine rings is 1. The Labute approximate surface area is 123 Å². The second-order valence-electron chi connectivity index (χ2n) is 5.82. The summed E-state index contributed by atoms with van der Waals surface area (Å²) < 4.78 is 13.9. The molecular formula is C15H21FN4O. The van der Waals surface area contributed by atoms with Gasteiger partial charge in [-0.25, -0.2) is 10.2 Å². The number of nitrogens with two attached hydrogens (primary N) is 1. The van der Waals surface area contributed by atoms with Crippen molar-refractivity contribution in [1.29, 1.82) is 0 Å². The molecule has 1 saturated carbocycles. The van der Waals surface area contributed by atoms with Gasteiger partial charge in [-0.15, -0.1) is 0 Å². The highest BCUT2D eigenvalue weighted by molar-refractivity contribution is 5.93. The van der Waals surface area contributed by atoms with Crippen LogP contribution in [0.5, 0.6) is 0 Å². The Morgan fingerprint density at radius 1 is 1.29 bits per heavy atom. The van der Waals surface area contributed by atoms with Crippen LogP contribution >= 0.6 is 0 Å². The van der Waals surface area contributed by atoms with Gasteiger partial charge in [-0.05, 0) is 31.0 Å². The molecule has 0 radical (unpaired) electrons. The molecule has 0 bridgehead atoms. The molecule has 0 aromatic heterocycles. The zero-order chi connectivity index (χ0) is 14.8. The van der Waals surface area contributed by atoms with Crippen molar-refractivity contribution in [1.82, 2.24) is 15.2 Å². The molecule has 1 aromatic carbocycles. The smallest absolute Gasteiger partial charge is 0.265 e. The highest BCUT2D eigenvalue weighted by atomic mass is 19.1. The number of hydrogen-bond donors (Lipinski definition) is 2. The van der Waals surface area contributed by atoms with Crippen molar-refractivity contribution >= 4 is 5.91 Å². The van der Waals surface area contributed by atoms with Gasteiger partial charge < -0.3 is 0 Å². The van der Waals surface area contributed by atoms with Crippen LogP contribution in [0.4, 0.5) is 4.39 Å². The van der Waals surface area contributed by atoms with E-state index in [0.29, 0.717) is 17.7 Å². The molecule has 2 fully saturated rings. The fourth-order valence-electron chi connectivity index (χ4n) is 2.89. The van der Waals surface area contributed by atoms with E-state index < -0.39 is 5.91 Å². The van der Waals surface area contributed by atoms with Gasteiger partial charge in [0.15, 0.2) is 0 Å². The summed E-state index contributed by atoms with van der Waals surface area (Å²) in [4.78, 5) is 16.3. The van der Waals surface area contributed by atoms with Crippen LogP contribution in [0.2, 0.25) is 0 Å². The number of amides is 1. The molecule has 3 N–H and O–H groups in total. The predicted molar refractivity (Wildman–Crippen MR) is 77.9 cm³/mol. The molecule has 0 spiro atoms. The van der Waals surface area contributed by atoms with Crippen LogP contribution in [0, 0.1) is 5.82 Å². The van der Waals surface area contributed by atoms with Gasteiger partial charge in [0, 0.05) is 49.9 Å². The first-order valence-corrected chi connectivity index (χ1v) is 7.43. The van der Waals surface area contributed by atoms with E-state index in [9.17, 15) is 9.18 Å². The molecular weight excluding hydrogens is 271 g/mol. The maximum atomic E-state index is 13.9. The van der Waals surface area contributed by atoms with Gasteiger partial charge in [0.1, 0.15) is 5.82 Å². The summed E-state index contributed by atoms with van der Waals surface area (Å²) in [6.07, 6.45) is 2.65. The lowest BCUT2D eigenvalue weighted by molar-refractivity contribution is 0.0953. The second kappa shape index (κ2) is 6.09. The van der Waals surface area contributed by atoms with Crippen molar-refractivity contribution in [2.75, 3.05) is 26.2 Å². The maximum absolute atomic E-state index is 13.9. The van der Waals surface area contributed by atoms with Crippen LogP contribution < -0.4 is 11.3 Å². The molecule has 1 aliphatic carbocycles. The second-order valence-corrected chi connectivity index (χ2v) is 5.82. The molecule has 114 valence electrons. The van der Waals surface area contributed by atoms with E-state index in [2.05, 4.69) is 15.2 Å². The van der Waals surface area contributed by atoms with E-state index in [1.807, 2.05) is 0 Å². The van der Waals surface area contributed by atoms with Gasteiger partial charge >= 0.3 is 0 Å². The highest BCUT2D eigenvalue weighted by Gasteiger charge is 2.31. The van der Waals surface area contributed by atoms with Crippen molar-refractivity contribution in [2.45, 2.75) is 25.4 Å². The zero-order valence-electron chi connectivity index (χ0n) is 12.0. The molecule has 2 aliphatic rings. The van der Waals surface area contributed by atoms with E-state index in [1.165, 1.54) is 25.0 Å². The molecule has 1 heterocycles. The third-order valence-corrected chi connectivity index (χ3v) is 4.30. The topological polar surface area (TPSA) is 61.6 Å². The average molecular weight is 292 g/mol. The van der Waals surface area contributed by atoms with Gasteiger partial charge in [-0.2, -0.15) is 0 Å². The molecule has 6 heteroatoms. The number of nitrogens with one attached hydrogen (secondary N) is 1. The van der Waals surface area contributed by atoms with Crippen LogP contribution in [0.15, 0.2) is 18.2 Å². The lowest BCUT2D eigenvalue weighted by Crippen LogP contribution is -2.46. The van der Waals surface area contributed by atoms with Crippen molar-refractivity contribution < 1.29 is 9.18 Å². The molecule has 1 aliphatic heterocycles. The van der Waals surface area contributed by atoms with Crippen LogP contribution in [0.1, 0.15) is 28.8 Å². The van der Waals surface area contributed by atoms with E-state index in [-0.39, 0.29) is 5.82 Å². The number of nitrogen functional groups attached to an aromatic ring is 1. The Morgan fingerprint density at radius 3 is 2.62 bits per heavy atom. The summed E-state index contributed by atoms with van der Waals surface area (Å²) in [7, 11) is 0. The van der Waals surface area contributed by atoms with Gasteiger partial charge in [-0.1, -0.05) is 0 Å². The van der Waals surface area contributed by atoms with Gasteiger partial charge in [0.25, 0.3) is 5.91 Å². The first-order valence-electron chi connectivity index (χ1n) is 7.43. The number of nitrogens with zero attached hydrogens (tertiary/aromatic N) is 2. The fourth-order valence-corrected chi connectivity index (χ4v) is 2.89. The quantitative estimate of drug-likeness (QED) is 0.487. The summed E-state index contributed by atoms with van der Waals surface area (Å²) in [5, 5.41) is 0. The third kappa shape index (κ3) is 3.40. The number of carbonyl (C=O) groups excluding carboxylic acids is 1. The summed E-state index contributed by atoms with van der Waals surface area (Å²) in [6.45, 7) is 4.53. The largest absolute Gasteiger partial charge is 0.298 e. The van der Waals surface area contributed by atoms with Gasteiger partial charge in [-0.3, -0.25) is 20.0 Å². The summed E-state index contributed by atoms with van der Waals surface area (Å²) in [6, 6.07) is 5.16. The van der Waals surface area contributed by atoms with Crippen LogP contribution in [-0.2, 0) is 6.54 Å². The number of rotatable bonds is 4. The van der Waals surface area contributed by atoms with Crippen molar-refractivity contribution in [3.8, 4) is 0 Å². The number of hydrazine groups is 1. The highest BCUT2D eigenvalue weighted by Crippen LogP contribution is 2.27. The lowest BCUT2D eigenvalue weighted by Gasteiger charge is -2.34. The molecule has 21 heavy (non-hydrogen) atoms. The van der Waals surface area contributed by atoms with Crippen molar-refractivity contribution in [2.24, 2.45) is 5.84 Å². The Hall–Kier alpha value is -1.50. The predicted octanol–water partition coefficient (Wildman–Crippen LogP) is 0.709. The summed E-state index contributed by atoms with van der Waals surface area (Å²) in [5.74, 6) is 4.45. The Balaban J connectivity index is 1.62. The molecule has 1 aromatic rings. The van der Waals surface area contributed by atoms with E-state index in [4.69, 9.17) is 5.84 Å². The van der Waals surface area contributed by atoms with E-state index in [1.54, 1.807) is 6.07 Å². The molecule has 0 atom stereocenters. The number of carbonyl (C=O) groups is 1. The number of hydrogen-bond acceptors (Lipinski definition) is 4. The molecule has 0 unspecified atom stereocenters. The van der Waals surface area contributed by atoms with E-state index in [0.717, 1.165) is 32.2 Å². The normalized spacial score (nSPS) is 20.5. The van der Waals surface area contributed by atoms with Gasteiger partial charge in [0.2, 0.25) is 0 Å². The zero-order valence-corrected chi connectivity index (χ0v) is 12.0. The standard InChI is InChI=1S/C15H21FN4O/c16-14-4-1-11(15(21)18-17)9-12(14)10-19-5-7-20(8-6-19)13-2-3-13/h1,4,9,13H,2-3,5-8,10,17H2,(H,18,21). The first-order chi connectivity index (χ1) is 10.2. The van der Waals surface area contributed by atoms with Crippen LogP contribution in [0.3, 0.4) is 0 Å². The molecule has 1 amide bonds. The monoisotopic (exact) mass is 292 g/mol. The van der Waals surface area contributed by atoms with Crippen LogP contribution in [-0.4, -0.2) is 47.9 Å². The van der Waals surface area contributed by atoms with Gasteiger partial charge in [0.05, 0.1) is 0 Å². The van der Waals surface area contributed by atoms with Crippen molar-refractivity contribution in [3.05, 3.63) is 35.1 Å². The molecule has 1 saturated heterocycles. The Bertz CT molecular complexity index is 524. The maximum Gasteiger partial charge on any atom is 0.265 e. The Kier molecular flexibility index (Phi) is 4.19. The van der Waals surface area contributed by atoms with Crippen LogP contribution in [0.25, 0.3) is 0 Å². The molecule has 3 rings (SSSR count). The minimum Gasteiger partial charge on any atom is -0.298 e. The first kappa shape index (κ1) is 14.4. The number of halogens is 1. The SMILES string of the molecule is NNC(=O)c1ccc(F)c(CN2CCN(C3CC3)CC2)c1.